The number of anilines is 1. The molecule has 3 nitrogen and oxygen atoms in total. The van der Waals surface area contributed by atoms with Gasteiger partial charge in [0.05, 0.1) is 0 Å². The highest BCUT2D eigenvalue weighted by Gasteiger charge is 2.20. The molecule has 0 amide bonds. The lowest BCUT2D eigenvalue weighted by molar-refractivity contribution is 0.208. The molecule has 1 aromatic heterocycles. The first kappa shape index (κ1) is 16.4. The summed E-state index contributed by atoms with van der Waals surface area (Å²) in [4.78, 5) is 6.67. The molecule has 1 saturated heterocycles. The molecular weight excluding hydrogens is 330 g/mol. The topological polar surface area (TPSA) is 28.2 Å². The average molecular weight is 352 g/mol. The number of fused-ring (bicyclic) bond motifs is 1. The Balaban J connectivity index is 1.43. The molecular formula is C21H22ClN3. The fraction of sp³-hybridized carbons (Fsp3) is 0.286. The molecule has 1 unspecified atom stereocenters. The first-order chi connectivity index (χ1) is 12.3. The SMILES string of the molecule is Clc1ccccc1CN1CCCC(Nc2ccc3cnccc3c2)C1. The van der Waals surface area contributed by atoms with Gasteiger partial charge in [0.1, 0.15) is 0 Å². The average Bonchev–Trinajstić information content (AvgIpc) is 2.64. The summed E-state index contributed by atoms with van der Waals surface area (Å²) in [6, 6.07) is 17.2. The van der Waals surface area contributed by atoms with Crippen molar-refractivity contribution in [3.63, 3.8) is 0 Å². The van der Waals surface area contributed by atoms with Crippen molar-refractivity contribution in [2.45, 2.75) is 25.4 Å². The van der Waals surface area contributed by atoms with Crippen LogP contribution in [0.15, 0.2) is 60.9 Å². The second kappa shape index (κ2) is 7.42. The normalized spacial score (nSPS) is 18.4. The third-order valence-electron chi connectivity index (χ3n) is 4.87. The number of rotatable bonds is 4. The van der Waals surface area contributed by atoms with E-state index in [1.54, 1.807) is 0 Å². The number of benzene rings is 2. The number of hydrogen-bond donors (Lipinski definition) is 1. The molecule has 2 heterocycles. The first-order valence-electron chi connectivity index (χ1n) is 8.84. The summed E-state index contributed by atoms with van der Waals surface area (Å²) in [5, 5.41) is 6.97. The van der Waals surface area contributed by atoms with Gasteiger partial charge in [-0.05, 0) is 54.6 Å². The second-order valence-electron chi connectivity index (χ2n) is 6.75. The van der Waals surface area contributed by atoms with Crippen LogP contribution in [-0.4, -0.2) is 29.0 Å². The van der Waals surface area contributed by atoms with Crippen LogP contribution in [0.4, 0.5) is 5.69 Å². The van der Waals surface area contributed by atoms with E-state index in [1.165, 1.54) is 34.9 Å². The zero-order valence-electron chi connectivity index (χ0n) is 14.2. The summed E-state index contributed by atoms with van der Waals surface area (Å²) in [6.07, 6.45) is 6.16. The van der Waals surface area contributed by atoms with Crippen LogP contribution in [0.2, 0.25) is 5.02 Å². The summed E-state index contributed by atoms with van der Waals surface area (Å²) in [5.74, 6) is 0. The highest BCUT2D eigenvalue weighted by Crippen LogP contribution is 2.23. The molecule has 0 bridgehead atoms. The van der Waals surface area contributed by atoms with Crippen molar-refractivity contribution in [3.8, 4) is 0 Å². The summed E-state index contributed by atoms with van der Waals surface area (Å²) < 4.78 is 0. The Morgan fingerprint density at radius 3 is 2.96 bits per heavy atom. The number of pyridine rings is 1. The third kappa shape index (κ3) is 3.94. The highest BCUT2D eigenvalue weighted by molar-refractivity contribution is 6.31. The minimum Gasteiger partial charge on any atom is -0.381 e. The Labute approximate surface area is 153 Å². The van der Waals surface area contributed by atoms with Crippen LogP contribution in [-0.2, 0) is 6.54 Å². The number of likely N-dealkylation sites (tertiary alicyclic amines) is 1. The van der Waals surface area contributed by atoms with Crippen LogP contribution in [0.1, 0.15) is 18.4 Å². The lowest BCUT2D eigenvalue weighted by atomic mass is 10.0. The van der Waals surface area contributed by atoms with Crippen LogP contribution in [0.3, 0.4) is 0 Å². The minimum absolute atomic E-state index is 0.468. The second-order valence-corrected chi connectivity index (χ2v) is 7.15. The van der Waals surface area contributed by atoms with Gasteiger partial charge >= 0.3 is 0 Å². The van der Waals surface area contributed by atoms with Gasteiger partial charge in [-0.3, -0.25) is 9.88 Å². The predicted octanol–water partition coefficient (Wildman–Crippen LogP) is 4.96. The summed E-state index contributed by atoms with van der Waals surface area (Å²) in [7, 11) is 0. The highest BCUT2D eigenvalue weighted by atomic mass is 35.5. The molecule has 4 rings (SSSR count). The molecule has 0 spiro atoms. The first-order valence-corrected chi connectivity index (χ1v) is 9.22. The number of nitrogens with one attached hydrogen (secondary N) is 1. The van der Waals surface area contributed by atoms with Crippen molar-refractivity contribution >= 4 is 28.1 Å². The zero-order chi connectivity index (χ0) is 17.1. The van der Waals surface area contributed by atoms with Crippen molar-refractivity contribution in [1.29, 1.82) is 0 Å². The largest absolute Gasteiger partial charge is 0.381 e. The van der Waals surface area contributed by atoms with E-state index in [-0.39, 0.29) is 0 Å². The predicted molar refractivity (Wildman–Crippen MR) is 105 cm³/mol. The fourth-order valence-electron chi connectivity index (χ4n) is 3.59. The van der Waals surface area contributed by atoms with Gasteiger partial charge in [-0.15, -0.1) is 0 Å². The molecule has 0 radical (unpaired) electrons. The van der Waals surface area contributed by atoms with Crippen LogP contribution < -0.4 is 5.32 Å². The number of aromatic nitrogens is 1. The van der Waals surface area contributed by atoms with Crippen molar-refractivity contribution in [2.75, 3.05) is 18.4 Å². The number of nitrogens with zero attached hydrogens (tertiary/aromatic N) is 2. The molecule has 0 saturated carbocycles. The van der Waals surface area contributed by atoms with Crippen LogP contribution in [0, 0.1) is 0 Å². The molecule has 2 aromatic carbocycles. The van der Waals surface area contributed by atoms with E-state index in [0.717, 1.165) is 24.7 Å². The van der Waals surface area contributed by atoms with E-state index in [1.807, 2.05) is 24.5 Å². The maximum atomic E-state index is 6.32. The van der Waals surface area contributed by atoms with Gasteiger partial charge in [0.2, 0.25) is 0 Å². The summed E-state index contributed by atoms with van der Waals surface area (Å²) in [5.41, 5.74) is 2.39. The molecule has 128 valence electrons. The Kier molecular flexibility index (Phi) is 4.86. The quantitative estimate of drug-likeness (QED) is 0.719. The van der Waals surface area contributed by atoms with Crippen molar-refractivity contribution in [2.24, 2.45) is 0 Å². The molecule has 25 heavy (non-hydrogen) atoms. The standard InChI is InChI=1S/C21H22ClN3/c22-21-6-2-1-4-18(21)14-25-11-3-5-20(15-25)24-19-8-7-17-13-23-10-9-16(17)12-19/h1-2,4,6-10,12-13,20,24H,3,5,11,14-15H2. The van der Waals surface area contributed by atoms with Gasteiger partial charge in [-0.1, -0.05) is 35.9 Å². The fourth-order valence-corrected chi connectivity index (χ4v) is 3.79. The van der Waals surface area contributed by atoms with Gasteiger partial charge in [0.15, 0.2) is 0 Å². The van der Waals surface area contributed by atoms with E-state index in [0.29, 0.717) is 6.04 Å². The smallest absolute Gasteiger partial charge is 0.0451 e. The lowest BCUT2D eigenvalue weighted by Crippen LogP contribution is -2.41. The number of hydrogen-bond acceptors (Lipinski definition) is 3. The third-order valence-corrected chi connectivity index (χ3v) is 5.24. The van der Waals surface area contributed by atoms with Gasteiger partial charge in [-0.25, -0.2) is 0 Å². The Morgan fingerprint density at radius 1 is 1.12 bits per heavy atom. The van der Waals surface area contributed by atoms with Crippen molar-refractivity contribution in [3.05, 3.63) is 71.5 Å². The number of piperidine rings is 1. The monoisotopic (exact) mass is 351 g/mol. The maximum Gasteiger partial charge on any atom is 0.0451 e. The van der Waals surface area contributed by atoms with Gasteiger partial charge in [0, 0.05) is 47.6 Å². The Hall–Kier alpha value is -2.10. The lowest BCUT2D eigenvalue weighted by Gasteiger charge is -2.34. The maximum absolute atomic E-state index is 6.32. The van der Waals surface area contributed by atoms with E-state index in [4.69, 9.17) is 11.6 Å². The van der Waals surface area contributed by atoms with Crippen molar-refractivity contribution < 1.29 is 0 Å². The van der Waals surface area contributed by atoms with E-state index in [9.17, 15) is 0 Å². The molecule has 1 aliphatic heterocycles. The molecule has 0 aliphatic carbocycles. The van der Waals surface area contributed by atoms with E-state index in [2.05, 4.69) is 51.6 Å². The van der Waals surface area contributed by atoms with Crippen LogP contribution in [0.5, 0.6) is 0 Å². The summed E-state index contributed by atoms with van der Waals surface area (Å²) in [6.45, 7) is 3.09. The van der Waals surface area contributed by atoms with Crippen LogP contribution in [0.25, 0.3) is 10.8 Å². The van der Waals surface area contributed by atoms with Gasteiger partial charge in [-0.2, -0.15) is 0 Å². The molecule has 1 N–H and O–H groups in total. The summed E-state index contributed by atoms with van der Waals surface area (Å²) >= 11 is 6.32. The molecule has 1 aliphatic rings. The molecule has 1 atom stereocenters. The van der Waals surface area contributed by atoms with E-state index >= 15 is 0 Å². The van der Waals surface area contributed by atoms with Gasteiger partial charge in [0.25, 0.3) is 0 Å². The Bertz CT molecular complexity index is 864. The minimum atomic E-state index is 0.468. The van der Waals surface area contributed by atoms with E-state index < -0.39 is 0 Å². The Morgan fingerprint density at radius 2 is 2.04 bits per heavy atom. The zero-order valence-corrected chi connectivity index (χ0v) is 14.9. The molecule has 4 heteroatoms. The molecule has 1 fully saturated rings. The van der Waals surface area contributed by atoms with Crippen molar-refractivity contribution in [1.82, 2.24) is 9.88 Å². The molecule has 3 aromatic rings. The number of halogens is 1. The van der Waals surface area contributed by atoms with Crippen LogP contribution >= 0.6 is 11.6 Å². The van der Waals surface area contributed by atoms with Gasteiger partial charge < -0.3 is 5.32 Å².